The van der Waals surface area contributed by atoms with E-state index in [2.05, 4.69) is 15.4 Å². The van der Waals surface area contributed by atoms with E-state index in [0.29, 0.717) is 13.0 Å². The standard InChI is InChI=1S/C21H24N4O2/c1-15-4-5-16(2)20(12-15)27-11-10-21(26)24-17(3)18-6-8-19(9-7-18)25-14-22-13-23-25/h4-9,12-14,17H,10-11H2,1-3H3,(H,24,26). The molecule has 1 atom stereocenters. The van der Waals surface area contributed by atoms with E-state index in [1.165, 1.54) is 6.33 Å². The zero-order valence-corrected chi connectivity index (χ0v) is 15.8. The smallest absolute Gasteiger partial charge is 0.223 e. The molecular weight excluding hydrogens is 340 g/mol. The molecule has 0 bridgehead atoms. The molecule has 0 spiro atoms. The molecule has 0 aliphatic carbocycles. The van der Waals surface area contributed by atoms with Gasteiger partial charge in [0.25, 0.3) is 0 Å². The van der Waals surface area contributed by atoms with E-state index in [9.17, 15) is 4.79 Å². The minimum absolute atomic E-state index is 0.0341. The second kappa shape index (κ2) is 8.49. The SMILES string of the molecule is Cc1ccc(C)c(OCCC(=O)NC(C)c2ccc(-n3cncn3)cc2)c1. The quantitative estimate of drug-likeness (QED) is 0.696. The van der Waals surface area contributed by atoms with Crippen LogP contribution >= 0.6 is 0 Å². The molecular formula is C21H24N4O2. The number of carbonyl (C=O) groups is 1. The Labute approximate surface area is 159 Å². The van der Waals surface area contributed by atoms with Gasteiger partial charge >= 0.3 is 0 Å². The summed E-state index contributed by atoms with van der Waals surface area (Å²) in [7, 11) is 0. The van der Waals surface area contributed by atoms with E-state index in [0.717, 1.165) is 28.1 Å². The largest absolute Gasteiger partial charge is 0.493 e. The lowest BCUT2D eigenvalue weighted by Crippen LogP contribution is -2.27. The van der Waals surface area contributed by atoms with Gasteiger partial charge in [-0.15, -0.1) is 0 Å². The average Bonchev–Trinajstić information content (AvgIpc) is 3.19. The molecule has 1 heterocycles. The number of aromatic nitrogens is 3. The third kappa shape index (κ3) is 4.94. The van der Waals surface area contributed by atoms with Gasteiger partial charge in [-0.3, -0.25) is 4.79 Å². The van der Waals surface area contributed by atoms with Crippen molar-refractivity contribution in [3.63, 3.8) is 0 Å². The van der Waals surface area contributed by atoms with Crippen LogP contribution < -0.4 is 10.1 Å². The van der Waals surface area contributed by atoms with E-state index in [4.69, 9.17) is 4.74 Å². The molecule has 1 amide bonds. The van der Waals surface area contributed by atoms with Gasteiger partial charge in [0.1, 0.15) is 18.4 Å². The molecule has 1 unspecified atom stereocenters. The summed E-state index contributed by atoms with van der Waals surface area (Å²) in [4.78, 5) is 16.1. The number of benzene rings is 2. The molecule has 0 saturated heterocycles. The van der Waals surface area contributed by atoms with Gasteiger partial charge < -0.3 is 10.1 Å². The highest BCUT2D eigenvalue weighted by Gasteiger charge is 2.10. The maximum atomic E-state index is 12.2. The Morgan fingerprint density at radius 3 is 2.67 bits per heavy atom. The van der Waals surface area contributed by atoms with Gasteiger partial charge in [-0.1, -0.05) is 24.3 Å². The van der Waals surface area contributed by atoms with Crippen molar-refractivity contribution in [2.24, 2.45) is 0 Å². The molecule has 0 saturated carbocycles. The van der Waals surface area contributed by atoms with Crippen molar-refractivity contribution >= 4 is 5.91 Å². The fourth-order valence-electron chi connectivity index (χ4n) is 2.77. The first-order chi connectivity index (χ1) is 13.0. The van der Waals surface area contributed by atoms with Crippen molar-refractivity contribution in [1.29, 1.82) is 0 Å². The monoisotopic (exact) mass is 364 g/mol. The maximum absolute atomic E-state index is 12.2. The molecule has 27 heavy (non-hydrogen) atoms. The number of rotatable bonds is 7. The molecule has 0 fully saturated rings. The highest BCUT2D eigenvalue weighted by molar-refractivity contribution is 5.76. The highest BCUT2D eigenvalue weighted by Crippen LogP contribution is 2.19. The number of nitrogens with one attached hydrogen (secondary N) is 1. The second-order valence-electron chi connectivity index (χ2n) is 6.59. The first-order valence-electron chi connectivity index (χ1n) is 8.97. The van der Waals surface area contributed by atoms with Crippen LogP contribution in [0.5, 0.6) is 5.75 Å². The minimum atomic E-state index is -0.0806. The van der Waals surface area contributed by atoms with Gasteiger partial charge in [-0.05, 0) is 55.7 Å². The first kappa shape index (κ1) is 18.6. The van der Waals surface area contributed by atoms with Gasteiger partial charge in [0.2, 0.25) is 5.91 Å². The summed E-state index contributed by atoms with van der Waals surface area (Å²) in [5.41, 5.74) is 4.17. The van der Waals surface area contributed by atoms with Crippen LogP contribution in [0.2, 0.25) is 0 Å². The normalized spacial score (nSPS) is 11.8. The van der Waals surface area contributed by atoms with Gasteiger partial charge in [-0.25, -0.2) is 9.67 Å². The molecule has 6 heteroatoms. The van der Waals surface area contributed by atoms with Crippen LogP contribution in [0.4, 0.5) is 0 Å². The molecule has 3 aromatic rings. The lowest BCUT2D eigenvalue weighted by molar-refractivity contribution is -0.122. The Hall–Kier alpha value is -3.15. The third-order valence-electron chi connectivity index (χ3n) is 4.38. The van der Waals surface area contributed by atoms with E-state index < -0.39 is 0 Å². The molecule has 0 radical (unpaired) electrons. The number of hydrogen-bond acceptors (Lipinski definition) is 4. The number of nitrogens with zero attached hydrogens (tertiary/aromatic N) is 3. The summed E-state index contributed by atoms with van der Waals surface area (Å²) >= 11 is 0. The summed E-state index contributed by atoms with van der Waals surface area (Å²) in [6.07, 6.45) is 3.46. The van der Waals surface area contributed by atoms with Crippen LogP contribution in [0.25, 0.3) is 5.69 Å². The highest BCUT2D eigenvalue weighted by atomic mass is 16.5. The van der Waals surface area contributed by atoms with Gasteiger partial charge in [0.15, 0.2) is 0 Å². The van der Waals surface area contributed by atoms with Crippen molar-refractivity contribution in [3.05, 3.63) is 71.8 Å². The van der Waals surface area contributed by atoms with Crippen molar-refractivity contribution < 1.29 is 9.53 Å². The van der Waals surface area contributed by atoms with Crippen molar-refractivity contribution in [1.82, 2.24) is 20.1 Å². The zero-order valence-electron chi connectivity index (χ0n) is 15.8. The topological polar surface area (TPSA) is 69.0 Å². The molecule has 6 nitrogen and oxygen atoms in total. The number of ether oxygens (including phenoxy) is 1. The summed E-state index contributed by atoms with van der Waals surface area (Å²) in [6.45, 7) is 6.34. The maximum Gasteiger partial charge on any atom is 0.223 e. The minimum Gasteiger partial charge on any atom is -0.493 e. The van der Waals surface area contributed by atoms with E-state index >= 15 is 0 Å². The predicted octanol–water partition coefficient (Wildman–Crippen LogP) is 3.53. The Morgan fingerprint density at radius 1 is 1.19 bits per heavy atom. The van der Waals surface area contributed by atoms with Crippen LogP contribution in [0.1, 0.15) is 36.1 Å². The van der Waals surface area contributed by atoms with E-state index in [1.807, 2.05) is 63.2 Å². The second-order valence-corrected chi connectivity index (χ2v) is 6.59. The van der Waals surface area contributed by atoms with E-state index in [-0.39, 0.29) is 11.9 Å². The lowest BCUT2D eigenvalue weighted by atomic mass is 10.1. The van der Waals surface area contributed by atoms with Crippen LogP contribution in [-0.4, -0.2) is 27.3 Å². The molecule has 3 rings (SSSR count). The molecule has 0 aliphatic heterocycles. The van der Waals surface area contributed by atoms with Crippen LogP contribution in [0, 0.1) is 13.8 Å². The van der Waals surface area contributed by atoms with Crippen molar-refractivity contribution in [3.8, 4) is 11.4 Å². The summed E-state index contributed by atoms with van der Waals surface area (Å²) in [6, 6.07) is 13.9. The average molecular weight is 364 g/mol. The molecule has 1 N–H and O–H groups in total. The van der Waals surface area contributed by atoms with Crippen molar-refractivity contribution in [2.75, 3.05) is 6.61 Å². The van der Waals surface area contributed by atoms with E-state index in [1.54, 1.807) is 11.0 Å². The molecule has 0 aliphatic rings. The van der Waals surface area contributed by atoms with Crippen LogP contribution in [0.3, 0.4) is 0 Å². The third-order valence-corrected chi connectivity index (χ3v) is 4.38. The number of hydrogen-bond donors (Lipinski definition) is 1. The predicted molar refractivity (Wildman–Crippen MR) is 104 cm³/mol. The Kier molecular flexibility index (Phi) is 5.86. The van der Waals surface area contributed by atoms with Gasteiger partial charge in [-0.2, -0.15) is 5.10 Å². The first-order valence-corrected chi connectivity index (χ1v) is 8.97. The zero-order chi connectivity index (χ0) is 19.2. The summed E-state index contributed by atoms with van der Waals surface area (Å²) in [5, 5.41) is 7.11. The van der Waals surface area contributed by atoms with Gasteiger partial charge in [0, 0.05) is 0 Å². The number of aryl methyl sites for hydroxylation is 2. The summed E-state index contributed by atoms with van der Waals surface area (Å²) in [5.74, 6) is 0.799. The fraction of sp³-hybridized carbons (Fsp3) is 0.286. The Bertz CT molecular complexity index is 889. The molecule has 1 aromatic heterocycles. The van der Waals surface area contributed by atoms with Crippen molar-refractivity contribution in [2.45, 2.75) is 33.2 Å². The Balaban J connectivity index is 1.49. The van der Waals surface area contributed by atoms with Crippen LogP contribution in [-0.2, 0) is 4.79 Å². The molecule has 2 aromatic carbocycles. The van der Waals surface area contributed by atoms with Crippen LogP contribution in [0.15, 0.2) is 55.1 Å². The number of amides is 1. The van der Waals surface area contributed by atoms with Gasteiger partial charge in [0.05, 0.1) is 24.8 Å². The lowest BCUT2D eigenvalue weighted by Gasteiger charge is -2.15. The number of carbonyl (C=O) groups excluding carboxylic acids is 1. The fourth-order valence-corrected chi connectivity index (χ4v) is 2.77. The molecule has 140 valence electrons. The Morgan fingerprint density at radius 2 is 1.96 bits per heavy atom. The summed E-state index contributed by atoms with van der Waals surface area (Å²) < 4.78 is 7.45.